The first-order valence-corrected chi connectivity index (χ1v) is 9.19. The lowest BCUT2D eigenvalue weighted by Crippen LogP contribution is -2.59. The maximum atomic E-state index is 3.79. The van der Waals surface area contributed by atoms with E-state index in [0.717, 1.165) is 0 Å². The molecular weight excluding hydrogens is 260 g/mol. The van der Waals surface area contributed by atoms with Gasteiger partial charge in [0.1, 0.15) is 0 Å². The van der Waals surface area contributed by atoms with Gasteiger partial charge in [-0.05, 0) is 51.6 Å². The van der Waals surface area contributed by atoms with Crippen LogP contribution < -0.4 is 5.32 Å². The number of hydrogen-bond acceptors (Lipinski definition) is 4. The van der Waals surface area contributed by atoms with Gasteiger partial charge in [0.2, 0.25) is 0 Å². The second kappa shape index (κ2) is 5.48. The molecule has 120 valence electrons. The summed E-state index contributed by atoms with van der Waals surface area (Å²) in [6.45, 7) is 12.5. The molecule has 0 unspecified atom stereocenters. The Morgan fingerprint density at radius 2 is 1.71 bits per heavy atom. The predicted molar refractivity (Wildman–Crippen MR) is 86.4 cm³/mol. The Morgan fingerprint density at radius 3 is 2.33 bits per heavy atom. The van der Waals surface area contributed by atoms with Crippen molar-refractivity contribution >= 4 is 0 Å². The second-order valence-electron chi connectivity index (χ2n) is 7.93. The normalized spacial score (nSPS) is 33.0. The first-order chi connectivity index (χ1) is 10.2. The average molecular weight is 292 g/mol. The van der Waals surface area contributed by atoms with E-state index in [4.69, 9.17) is 0 Å². The molecule has 2 spiro atoms. The van der Waals surface area contributed by atoms with Crippen molar-refractivity contribution in [3.05, 3.63) is 0 Å². The van der Waals surface area contributed by atoms with Crippen LogP contribution in [0.1, 0.15) is 45.4 Å². The van der Waals surface area contributed by atoms with Crippen LogP contribution in [0.5, 0.6) is 0 Å². The summed E-state index contributed by atoms with van der Waals surface area (Å²) in [4.78, 5) is 8.20. The molecule has 0 bridgehead atoms. The number of likely N-dealkylation sites (N-methyl/N-ethyl adjacent to an activating group) is 1. The summed E-state index contributed by atoms with van der Waals surface area (Å²) in [5.41, 5.74) is 1.09. The van der Waals surface area contributed by atoms with Gasteiger partial charge in [0.05, 0.1) is 6.67 Å². The van der Waals surface area contributed by atoms with Crippen LogP contribution in [-0.2, 0) is 0 Å². The van der Waals surface area contributed by atoms with Crippen LogP contribution in [0, 0.1) is 0 Å². The Morgan fingerprint density at radius 1 is 0.905 bits per heavy atom. The molecule has 3 heterocycles. The van der Waals surface area contributed by atoms with Crippen molar-refractivity contribution in [2.45, 2.75) is 56.5 Å². The summed E-state index contributed by atoms with van der Waals surface area (Å²) < 4.78 is 0. The zero-order valence-corrected chi connectivity index (χ0v) is 13.7. The highest BCUT2D eigenvalue weighted by Gasteiger charge is 2.51. The molecule has 21 heavy (non-hydrogen) atoms. The standard InChI is InChI=1S/C17H32N4/c1-2-19-12-13-21(17(14-19)5-6-17)15-20-10-7-16(8-11-20)4-3-9-18-16/h18H,2-15H2,1H3. The van der Waals surface area contributed by atoms with Crippen molar-refractivity contribution in [2.75, 3.05) is 52.5 Å². The molecule has 3 saturated heterocycles. The predicted octanol–water partition coefficient (Wildman–Crippen LogP) is 1.33. The number of hydrogen-bond donors (Lipinski definition) is 1. The van der Waals surface area contributed by atoms with Gasteiger partial charge >= 0.3 is 0 Å². The van der Waals surface area contributed by atoms with E-state index in [0.29, 0.717) is 11.1 Å². The number of nitrogens with zero attached hydrogens (tertiary/aromatic N) is 3. The van der Waals surface area contributed by atoms with E-state index in [1.165, 1.54) is 91.0 Å². The van der Waals surface area contributed by atoms with Crippen LogP contribution in [0.3, 0.4) is 0 Å². The van der Waals surface area contributed by atoms with Gasteiger partial charge in [0, 0.05) is 43.8 Å². The van der Waals surface area contributed by atoms with Crippen LogP contribution in [0.4, 0.5) is 0 Å². The fraction of sp³-hybridized carbons (Fsp3) is 1.00. The summed E-state index contributed by atoms with van der Waals surface area (Å²) in [7, 11) is 0. The molecule has 3 aliphatic heterocycles. The Hall–Kier alpha value is -0.160. The van der Waals surface area contributed by atoms with Crippen LogP contribution in [-0.4, -0.2) is 78.3 Å². The zero-order chi connectivity index (χ0) is 14.3. The zero-order valence-electron chi connectivity index (χ0n) is 13.7. The van der Waals surface area contributed by atoms with E-state index in [1.54, 1.807) is 0 Å². The molecule has 0 aromatic carbocycles. The molecule has 1 N–H and O–H groups in total. The molecule has 0 radical (unpaired) electrons. The van der Waals surface area contributed by atoms with Crippen molar-refractivity contribution in [1.29, 1.82) is 0 Å². The quantitative estimate of drug-likeness (QED) is 0.847. The lowest BCUT2D eigenvalue weighted by molar-refractivity contribution is 0.00244. The Balaban J connectivity index is 1.31. The highest BCUT2D eigenvalue weighted by molar-refractivity contribution is 5.08. The smallest absolute Gasteiger partial charge is 0.0512 e. The van der Waals surface area contributed by atoms with Crippen LogP contribution in [0.25, 0.3) is 0 Å². The molecule has 0 amide bonds. The van der Waals surface area contributed by atoms with E-state index < -0.39 is 0 Å². The Bertz CT molecular complexity index is 363. The van der Waals surface area contributed by atoms with Gasteiger partial charge in [-0.3, -0.25) is 9.80 Å². The summed E-state index contributed by atoms with van der Waals surface area (Å²) in [5.74, 6) is 0. The highest BCUT2D eigenvalue weighted by Crippen LogP contribution is 2.44. The molecule has 0 atom stereocenters. The van der Waals surface area contributed by atoms with Crippen molar-refractivity contribution < 1.29 is 0 Å². The van der Waals surface area contributed by atoms with Gasteiger partial charge in [-0.15, -0.1) is 0 Å². The van der Waals surface area contributed by atoms with Crippen molar-refractivity contribution in [3.63, 3.8) is 0 Å². The third-order valence-corrected chi connectivity index (χ3v) is 6.67. The molecule has 0 aromatic rings. The van der Waals surface area contributed by atoms with Gasteiger partial charge in [0.15, 0.2) is 0 Å². The molecule has 4 nitrogen and oxygen atoms in total. The van der Waals surface area contributed by atoms with E-state index in [2.05, 4.69) is 26.9 Å². The Kier molecular flexibility index (Phi) is 3.77. The minimum atomic E-state index is 0.522. The molecule has 0 aromatic heterocycles. The first-order valence-electron chi connectivity index (χ1n) is 9.19. The highest BCUT2D eigenvalue weighted by atomic mass is 15.4. The summed E-state index contributed by atoms with van der Waals surface area (Å²) in [5, 5.41) is 3.79. The third kappa shape index (κ3) is 2.76. The minimum Gasteiger partial charge on any atom is -0.311 e. The van der Waals surface area contributed by atoms with Gasteiger partial charge in [-0.2, -0.15) is 0 Å². The Labute approximate surface area is 129 Å². The van der Waals surface area contributed by atoms with E-state index >= 15 is 0 Å². The summed E-state index contributed by atoms with van der Waals surface area (Å²) in [6.07, 6.45) is 8.41. The first kappa shape index (κ1) is 14.4. The van der Waals surface area contributed by atoms with Crippen molar-refractivity contribution in [1.82, 2.24) is 20.0 Å². The number of rotatable bonds is 3. The fourth-order valence-corrected chi connectivity index (χ4v) is 4.86. The van der Waals surface area contributed by atoms with Gasteiger partial charge in [0.25, 0.3) is 0 Å². The lowest BCUT2D eigenvalue weighted by atomic mass is 9.86. The minimum absolute atomic E-state index is 0.522. The average Bonchev–Trinajstić information content (AvgIpc) is 3.13. The fourth-order valence-electron chi connectivity index (χ4n) is 4.86. The van der Waals surface area contributed by atoms with Crippen LogP contribution in [0.2, 0.25) is 0 Å². The molecule has 4 rings (SSSR count). The molecule has 1 saturated carbocycles. The van der Waals surface area contributed by atoms with E-state index in [1.807, 2.05) is 0 Å². The molecular formula is C17H32N4. The summed E-state index contributed by atoms with van der Waals surface area (Å²) >= 11 is 0. The van der Waals surface area contributed by atoms with Gasteiger partial charge < -0.3 is 10.2 Å². The maximum Gasteiger partial charge on any atom is 0.0512 e. The largest absolute Gasteiger partial charge is 0.311 e. The van der Waals surface area contributed by atoms with Crippen molar-refractivity contribution in [2.24, 2.45) is 0 Å². The van der Waals surface area contributed by atoms with Crippen molar-refractivity contribution in [3.8, 4) is 0 Å². The van der Waals surface area contributed by atoms with E-state index in [-0.39, 0.29) is 0 Å². The lowest BCUT2D eigenvalue weighted by Gasteiger charge is -2.46. The molecule has 4 aliphatic rings. The second-order valence-corrected chi connectivity index (χ2v) is 7.93. The number of piperidine rings is 1. The molecule has 1 aliphatic carbocycles. The topological polar surface area (TPSA) is 21.8 Å². The molecule has 4 heteroatoms. The molecule has 4 fully saturated rings. The summed E-state index contributed by atoms with van der Waals surface area (Å²) in [6, 6.07) is 0. The monoisotopic (exact) mass is 292 g/mol. The maximum absolute atomic E-state index is 3.79. The van der Waals surface area contributed by atoms with E-state index in [9.17, 15) is 0 Å². The van der Waals surface area contributed by atoms with Gasteiger partial charge in [-0.25, -0.2) is 0 Å². The van der Waals surface area contributed by atoms with Crippen LogP contribution >= 0.6 is 0 Å². The third-order valence-electron chi connectivity index (χ3n) is 6.67. The number of piperazine rings is 1. The van der Waals surface area contributed by atoms with Gasteiger partial charge in [-0.1, -0.05) is 6.92 Å². The number of likely N-dealkylation sites (tertiary alicyclic amines) is 1. The van der Waals surface area contributed by atoms with Crippen LogP contribution in [0.15, 0.2) is 0 Å². The SMILES string of the molecule is CCN1CCN(CN2CCC3(CCCN3)CC2)C2(CC2)C1. The number of nitrogens with one attached hydrogen (secondary N) is 1.